The molecule has 1 fully saturated rings. The topological polar surface area (TPSA) is 50.9 Å². The fourth-order valence-corrected chi connectivity index (χ4v) is 3.08. The number of anilines is 1. The molecule has 0 aliphatic heterocycles. The Bertz CT molecular complexity index is 571. The molecule has 0 atom stereocenters. The van der Waals surface area contributed by atoms with Crippen molar-refractivity contribution >= 4 is 16.6 Å². The van der Waals surface area contributed by atoms with Gasteiger partial charge in [-0.25, -0.2) is 0 Å². The van der Waals surface area contributed by atoms with E-state index >= 15 is 0 Å². The van der Waals surface area contributed by atoms with E-state index in [0.717, 1.165) is 28.8 Å². The van der Waals surface area contributed by atoms with Crippen LogP contribution in [0.2, 0.25) is 0 Å². The molecule has 1 aliphatic carbocycles. The molecular formula is C17H23N3. The Morgan fingerprint density at radius 3 is 2.65 bits per heavy atom. The largest absolute Gasteiger partial charge is 0.398 e. The molecule has 3 heteroatoms. The number of pyridine rings is 1. The smallest absolute Gasteiger partial charge is 0.0726 e. The summed E-state index contributed by atoms with van der Waals surface area (Å²) in [5.74, 6) is 0. The van der Waals surface area contributed by atoms with Crippen LogP contribution < -0.4 is 11.1 Å². The van der Waals surface area contributed by atoms with Gasteiger partial charge < -0.3 is 11.1 Å². The van der Waals surface area contributed by atoms with Crippen molar-refractivity contribution in [1.29, 1.82) is 0 Å². The van der Waals surface area contributed by atoms with E-state index < -0.39 is 0 Å². The molecule has 0 unspecified atom stereocenters. The highest BCUT2D eigenvalue weighted by molar-refractivity contribution is 5.90. The number of fused-ring (bicyclic) bond motifs is 1. The summed E-state index contributed by atoms with van der Waals surface area (Å²) in [5, 5.41) is 4.70. The lowest BCUT2D eigenvalue weighted by Crippen LogP contribution is -2.28. The van der Waals surface area contributed by atoms with E-state index in [4.69, 9.17) is 10.7 Å². The number of hydrogen-bond acceptors (Lipinski definition) is 3. The summed E-state index contributed by atoms with van der Waals surface area (Å²) in [4.78, 5) is 4.70. The van der Waals surface area contributed by atoms with Gasteiger partial charge in [-0.1, -0.05) is 43.9 Å². The van der Waals surface area contributed by atoms with Crippen LogP contribution in [0.1, 0.15) is 44.2 Å². The monoisotopic (exact) mass is 269 g/mol. The lowest BCUT2D eigenvalue weighted by Gasteiger charge is -2.16. The van der Waals surface area contributed by atoms with E-state index in [-0.39, 0.29) is 0 Å². The van der Waals surface area contributed by atoms with E-state index in [1.807, 2.05) is 30.3 Å². The summed E-state index contributed by atoms with van der Waals surface area (Å²) in [6, 6.07) is 10.7. The van der Waals surface area contributed by atoms with Crippen LogP contribution in [0.3, 0.4) is 0 Å². The second-order valence-corrected chi connectivity index (χ2v) is 5.79. The summed E-state index contributed by atoms with van der Waals surface area (Å²) in [6.07, 6.45) is 8.07. The Hall–Kier alpha value is -1.61. The Kier molecular flexibility index (Phi) is 4.16. The molecule has 0 saturated heterocycles. The molecule has 3 nitrogen and oxygen atoms in total. The molecule has 1 saturated carbocycles. The first-order valence-electron chi connectivity index (χ1n) is 7.70. The molecule has 3 rings (SSSR count). The first kappa shape index (κ1) is 13.4. The minimum absolute atomic E-state index is 0.645. The Balaban J connectivity index is 1.70. The zero-order valence-electron chi connectivity index (χ0n) is 11.9. The van der Waals surface area contributed by atoms with Crippen LogP contribution in [0.25, 0.3) is 10.9 Å². The van der Waals surface area contributed by atoms with E-state index in [1.165, 1.54) is 38.5 Å². The van der Waals surface area contributed by atoms with Gasteiger partial charge in [0.1, 0.15) is 0 Å². The van der Waals surface area contributed by atoms with E-state index in [0.29, 0.717) is 6.04 Å². The summed E-state index contributed by atoms with van der Waals surface area (Å²) in [7, 11) is 0. The molecule has 106 valence electrons. The van der Waals surface area contributed by atoms with Gasteiger partial charge in [-0.05, 0) is 25.0 Å². The van der Waals surface area contributed by atoms with Gasteiger partial charge >= 0.3 is 0 Å². The molecular weight excluding hydrogens is 246 g/mol. The zero-order chi connectivity index (χ0) is 13.8. The maximum atomic E-state index is 6.12. The van der Waals surface area contributed by atoms with Gasteiger partial charge in [-0.2, -0.15) is 0 Å². The number of aromatic nitrogens is 1. The standard InChI is InChI=1S/C17H23N3/c18-16-11-14(20-17-10-6-5-9-15(16)17)12-19-13-7-3-1-2-4-8-13/h5-6,9-11,13,19H,1-4,7-8,12H2,(H2,18,20). The number of hydrogen-bond donors (Lipinski definition) is 2. The van der Waals surface area contributed by atoms with Gasteiger partial charge in [0.05, 0.1) is 11.2 Å². The molecule has 1 aromatic heterocycles. The molecule has 1 aromatic carbocycles. The molecule has 3 N–H and O–H groups in total. The predicted molar refractivity (Wildman–Crippen MR) is 84.5 cm³/mol. The maximum absolute atomic E-state index is 6.12. The average Bonchev–Trinajstić information content (AvgIpc) is 2.74. The fraction of sp³-hybridized carbons (Fsp3) is 0.471. The molecule has 0 radical (unpaired) electrons. The van der Waals surface area contributed by atoms with Crippen molar-refractivity contribution in [2.24, 2.45) is 0 Å². The summed E-state index contributed by atoms with van der Waals surface area (Å²) < 4.78 is 0. The highest BCUT2D eigenvalue weighted by atomic mass is 14.9. The fourth-order valence-electron chi connectivity index (χ4n) is 3.08. The highest BCUT2D eigenvalue weighted by Gasteiger charge is 2.12. The Morgan fingerprint density at radius 1 is 1.10 bits per heavy atom. The third kappa shape index (κ3) is 3.10. The van der Waals surface area contributed by atoms with Crippen LogP contribution >= 0.6 is 0 Å². The van der Waals surface area contributed by atoms with Gasteiger partial charge in [0.2, 0.25) is 0 Å². The number of para-hydroxylation sites is 1. The highest BCUT2D eigenvalue weighted by Crippen LogP contribution is 2.21. The first-order chi connectivity index (χ1) is 9.83. The summed E-state index contributed by atoms with van der Waals surface area (Å²) in [5.41, 5.74) is 8.99. The number of nitrogen functional groups attached to an aromatic ring is 1. The molecule has 2 aromatic rings. The van der Waals surface area contributed by atoms with Crippen molar-refractivity contribution in [1.82, 2.24) is 10.3 Å². The molecule has 1 heterocycles. The molecule has 0 bridgehead atoms. The lowest BCUT2D eigenvalue weighted by atomic mass is 10.1. The van der Waals surface area contributed by atoms with E-state index in [2.05, 4.69) is 5.32 Å². The quantitative estimate of drug-likeness (QED) is 0.837. The van der Waals surface area contributed by atoms with Crippen LogP contribution in [0.5, 0.6) is 0 Å². The number of benzene rings is 1. The van der Waals surface area contributed by atoms with Crippen molar-refractivity contribution < 1.29 is 0 Å². The third-order valence-electron chi connectivity index (χ3n) is 4.23. The van der Waals surface area contributed by atoms with Crippen molar-refractivity contribution in [2.45, 2.75) is 51.1 Å². The minimum atomic E-state index is 0.645. The number of nitrogens with zero attached hydrogens (tertiary/aromatic N) is 1. The first-order valence-corrected chi connectivity index (χ1v) is 7.70. The van der Waals surface area contributed by atoms with Crippen molar-refractivity contribution in [3.05, 3.63) is 36.0 Å². The van der Waals surface area contributed by atoms with Gasteiger partial charge in [-0.3, -0.25) is 4.98 Å². The number of rotatable bonds is 3. The van der Waals surface area contributed by atoms with Crippen molar-refractivity contribution in [2.75, 3.05) is 5.73 Å². The van der Waals surface area contributed by atoms with Crippen LogP contribution in [-0.2, 0) is 6.54 Å². The van der Waals surface area contributed by atoms with E-state index in [9.17, 15) is 0 Å². The van der Waals surface area contributed by atoms with Crippen LogP contribution in [-0.4, -0.2) is 11.0 Å². The Labute approximate surface area is 120 Å². The number of nitrogens with one attached hydrogen (secondary N) is 1. The van der Waals surface area contributed by atoms with Gasteiger partial charge in [-0.15, -0.1) is 0 Å². The maximum Gasteiger partial charge on any atom is 0.0726 e. The molecule has 20 heavy (non-hydrogen) atoms. The average molecular weight is 269 g/mol. The lowest BCUT2D eigenvalue weighted by molar-refractivity contribution is 0.456. The second-order valence-electron chi connectivity index (χ2n) is 5.79. The van der Waals surface area contributed by atoms with Crippen molar-refractivity contribution in [3.8, 4) is 0 Å². The van der Waals surface area contributed by atoms with E-state index in [1.54, 1.807) is 0 Å². The van der Waals surface area contributed by atoms with Crippen LogP contribution in [0.4, 0.5) is 5.69 Å². The normalized spacial score (nSPS) is 17.2. The van der Waals surface area contributed by atoms with Crippen molar-refractivity contribution in [3.63, 3.8) is 0 Å². The molecule has 1 aliphatic rings. The summed E-state index contributed by atoms with van der Waals surface area (Å²) in [6.45, 7) is 0.819. The van der Waals surface area contributed by atoms with Gasteiger partial charge in [0.15, 0.2) is 0 Å². The Morgan fingerprint density at radius 2 is 1.85 bits per heavy atom. The van der Waals surface area contributed by atoms with Crippen LogP contribution in [0, 0.1) is 0 Å². The molecule has 0 spiro atoms. The molecule has 0 amide bonds. The SMILES string of the molecule is Nc1cc(CNC2CCCCCC2)nc2ccccc12. The summed E-state index contributed by atoms with van der Waals surface area (Å²) >= 11 is 0. The minimum Gasteiger partial charge on any atom is -0.398 e. The third-order valence-corrected chi connectivity index (χ3v) is 4.23. The van der Waals surface area contributed by atoms with Crippen LogP contribution in [0.15, 0.2) is 30.3 Å². The van der Waals surface area contributed by atoms with Gasteiger partial charge in [0.25, 0.3) is 0 Å². The number of nitrogens with two attached hydrogens (primary N) is 1. The van der Waals surface area contributed by atoms with Gasteiger partial charge in [0, 0.05) is 23.7 Å². The zero-order valence-corrected chi connectivity index (χ0v) is 11.9. The predicted octanol–water partition coefficient (Wildman–Crippen LogP) is 3.63. The second kappa shape index (κ2) is 6.23.